The summed E-state index contributed by atoms with van der Waals surface area (Å²) in [4.78, 5) is 23.7. The monoisotopic (exact) mass is 327 g/mol. The van der Waals surface area contributed by atoms with Gasteiger partial charge in [-0.05, 0) is 38.1 Å². The second-order valence-corrected chi connectivity index (χ2v) is 7.05. The molecule has 1 rings (SSSR count). The lowest BCUT2D eigenvalue weighted by Crippen LogP contribution is -2.44. The first kappa shape index (κ1) is 18.1. The van der Waals surface area contributed by atoms with E-state index in [1.54, 1.807) is 13.8 Å². The van der Waals surface area contributed by atoms with E-state index in [-0.39, 0.29) is 16.4 Å². The molecule has 0 aliphatic carbocycles. The molecular weight excluding hydrogens is 306 g/mol. The van der Waals surface area contributed by atoms with Crippen LogP contribution in [0.2, 0.25) is 0 Å². The molecule has 7 nitrogen and oxygen atoms in total. The zero-order chi connectivity index (χ0) is 16.9. The predicted molar refractivity (Wildman–Crippen MR) is 82.9 cm³/mol. The summed E-state index contributed by atoms with van der Waals surface area (Å²) >= 11 is 0. The quantitative estimate of drug-likeness (QED) is 0.780. The van der Waals surface area contributed by atoms with Gasteiger partial charge in [0.15, 0.2) is 0 Å². The summed E-state index contributed by atoms with van der Waals surface area (Å²) < 4.78 is 24.9. The number of carbonyl (C=O) groups excluding carboxylic acids is 2. The number of benzene rings is 1. The molecule has 122 valence electrons. The molecule has 0 spiro atoms. The van der Waals surface area contributed by atoms with Gasteiger partial charge >= 0.3 is 0 Å². The highest BCUT2D eigenvalue weighted by molar-refractivity contribution is 7.89. The number of hydrogen-bond donors (Lipinski definition) is 2. The normalized spacial score (nSPS) is 12.8. The van der Waals surface area contributed by atoms with Gasteiger partial charge in [0, 0.05) is 26.2 Å². The Morgan fingerprint density at radius 1 is 1.18 bits per heavy atom. The molecule has 0 saturated heterocycles. The van der Waals surface area contributed by atoms with Gasteiger partial charge in [-0.15, -0.1) is 0 Å². The number of carbonyl (C=O) groups is 2. The standard InChI is InChI=1S/C14H21N3O4S/c1-5-15-13(18)10(2)16-14(19)11-6-8-12(9-7-11)22(20,21)17(3)4/h6-10H,5H2,1-4H3,(H,15,18)(H,16,19). The number of nitrogens with one attached hydrogen (secondary N) is 2. The van der Waals surface area contributed by atoms with Gasteiger partial charge in [-0.3, -0.25) is 9.59 Å². The lowest BCUT2D eigenvalue weighted by atomic mass is 10.2. The summed E-state index contributed by atoms with van der Waals surface area (Å²) in [6.07, 6.45) is 0. The number of nitrogens with zero attached hydrogens (tertiary/aromatic N) is 1. The fraction of sp³-hybridized carbons (Fsp3) is 0.429. The molecule has 22 heavy (non-hydrogen) atoms. The molecule has 0 aromatic heterocycles. The van der Waals surface area contributed by atoms with Crippen LogP contribution in [0.5, 0.6) is 0 Å². The fourth-order valence-electron chi connectivity index (χ4n) is 1.66. The Labute approximate surface area is 130 Å². The first-order valence-corrected chi connectivity index (χ1v) is 8.25. The molecule has 2 N–H and O–H groups in total. The molecule has 1 aromatic carbocycles. The van der Waals surface area contributed by atoms with Crippen LogP contribution in [0.15, 0.2) is 29.2 Å². The predicted octanol–water partition coefficient (Wildman–Crippen LogP) is 0.191. The Morgan fingerprint density at radius 2 is 1.73 bits per heavy atom. The zero-order valence-electron chi connectivity index (χ0n) is 13.1. The lowest BCUT2D eigenvalue weighted by Gasteiger charge is -2.14. The summed E-state index contributed by atoms with van der Waals surface area (Å²) in [5, 5.41) is 5.16. The molecule has 8 heteroatoms. The van der Waals surface area contributed by atoms with E-state index in [0.717, 1.165) is 4.31 Å². The maximum atomic E-state index is 12.0. The van der Waals surface area contributed by atoms with Crippen molar-refractivity contribution in [1.82, 2.24) is 14.9 Å². The van der Waals surface area contributed by atoms with Crippen LogP contribution in [-0.2, 0) is 14.8 Å². The smallest absolute Gasteiger partial charge is 0.251 e. The maximum absolute atomic E-state index is 12.0. The number of amides is 2. The number of hydrogen-bond acceptors (Lipinski definition) is 4. The average Bonchev–Trinajstić information content (AvgIpc) is 2.47. The van der Waals surface area contributed by atoms with Crippen LogP contribution in [0.25, 0.3) is 0 Å². The Morgan fingerprint density at radius 3 is 2.18 bits per heavy atom. The van der Waals surface area contributed by atoms with E-state index in [0.29, 0.717) is 6.54 Å². The average molecular weight is 327 g/mol. The fourth-order valence-corrected chi connectivity index (χ4v) is 2.56. The Bertz CT molecular complexity index is 639. The number of sulfonamides is 1. The topological polar surface area (TPSA) is 95.6 Å². The van der Waals surface area contributed by atoms with Gasteiger partial charge < -0.3 is 10.6 Å². The third-order valence-corrected chi connectivity index (χ3v) is 4.82. The van der Waals surface area contributed by atoms with Crippen molar-refractivity contribution in [3.63, 3.8) is 0 Å². The molecule has 1 aromatic rings. The Balaban J connectivity index is 2.83. The number of likely N-dealkylation sites (N-methyl/N-ethyl adjacent to an activating group) is 1. The molecule has 0 aliphatic heterocycles. The molecule has 0 saturated carbocycles. The summed E-state index contributed by atoms with van der Waals surface area (Å²) in [7, 11) is -0.657. The SMILES string of the molecule is CCNC(=O)C(C)NC(=O)c1ccc(S(=O)(=O)N(C)C)cc1. The van der Waals surface area contributed by atoms with E-state index in [4.69, 9.17) is 0 Å². The van der Waals surface area contributed by atoms with Gasteiger partial charge in [-0.1, -0.05) is 0 Å². The van der Waals surface area contributed by atoms with E-state index in [1.807, 2.05) is 0 Å². The van der Waals surface area contributed by atoms with E-state index in [1.165, 1.54) is 38.4 Å². The van der Waals surface area contributed by atoms with Crippen LogP contribution >= 0.6 is 0 Å². The van der Waals surface area contributed by atoms with Crippen molar-refractivity contribution < 1.29 is 18.0 Å². The van der Waals surface area contributed by atoms with Crippen molar-refractivity contribution in [1.29, 1.82) is 0 Å². The molecular formula is C14H21N3O4S. The van der Waals surface area contributed by atoms with Gasteiger partial charge in [0.05, 0.1) is 4.90 Å². The van der Waals surface area contributed by atoms with E-state index < -0.39 is 22.0 Å². The molecule has 0 aliphatic rings. The third-order valence-electron chi connectivity index (χ3n) is 2.99. The van der Waals surface area contributed by atoms with E-state index in [9.17, 15) is 18.0 Å². The maximum Gasteiger partial charge on any atom is 0.251 e. The molecule has 0 bridgehead atoms. The van der Waals surface area contributed by atoms with Crippen LogP contribution in [0.1, 0.15) is 24.2 Å². The third kappa shape index (κ3) is 4.28. The first-order chi connectivity index (χ1) is 10.2. The summed E-state index contributed by atoms with van der Waals surface area (Å²) in [6, 6.07) is 4.88. The second-order valence-electron chi connectivity index (χ2n) is 4.90. The van der Waals surface area contributed by atoms with Gasteiger partial charge in [0.25, 0.3) is 5.91 Å². The highest BCUT2D eigenvalue weighted by Gasteiger charge is 2.19. The lowest BCUT2D eigenvalue weighted by molar-refractivity contribution is -0.122. The minimum atomic E-state index is -3.53. The summed E-state index contributed by atoms with van der Waals surface area (Å²) in [6.45, 7) is 3.85. The zero-order valence-corrected chi connectivity index (χ0v) is 13.9. The first-order valence-electron chi connectivity index (χ1n) is 6.81. The van der Waals surface area contributed by atoms with Crippen molar-refractivity contribution in [3.8, 4) is 0 Å². The van der Waals surface area contributed by atoms with Crippen LogP contribution in [0.3, 0.4) is 0 Å². The molecule has 1 atom stereocenters. The van der Waals surface area contributed by atoms with E-state index in [2.05, 4.69) is 10.6 Å². The summed E-state index contributed by atoms with van der Waals surface area (Å²) in [5.74, 6) is -0.713. The van der Waals surface area contributed by atoms with E-state index >= 15 is 0 Å². The van der Waals surface area contributed by atoms with Crippen molar-refractivity contribution in [2.45, 2.75) is 24.8 Å². The van der Waals surface area contributed by atoms with Crippen LogP contribution in [0.4, 0.5) is 0 Å². The van der Waals surface area contributed by atoms with Crippen LogP contribution in [0, 0.1) is 0 Å². The summed E-state index contributed by atoms with van der Waals surface area (Å²) in [5.41, 5.74) is 0.286. The van der Waals surface area contributed by atoms with Crippen molar-refractivity contribution in [2.24, 2.45) is 0 Å². The van der Waals surface area contributed by atoms with Crippen molar-refractivity contribution >= 4 is 21.8 Å². The van der Waals surface area contributed by atoms with Crippen LogP contribution in [-0.4, -0.2) is 51.2 Å². The highest BCUT2D eigenvalue weighted by Crippen LogP contribution is 2.14. The molecule has 0 fully saturated rings. The van der Waals surface area contributed by atoms with Crippen LogP contribution < -0.4 is 10.6 Å². The largest absolute Gasteiger partial charge is 0.355 e. The van der Waals surface area contributed by atoms with Gasteiger partial charge in [0.2, 0.25) is 15.9 Å². The minimum absolute atomic E-state index is 0.103. The Kier molecular flexibility index (Phi) is 6.07. The molecule has 0 heterocycles. The van der Waals surface area contributed by atoms with Crippen molar-refractivity contribution in [2.75, 3.05) is 20.6 Å². The minimum Gasteiger partial charge on any atom is -0.355 e. The number of rotatable bonds is 6. The highest BCUT2D eigenvalue weighted by atomic mass is 32.2. The van der Waals surface area contributed by atoms with Gasteiger partial charge in [-0.25, -0.2) is 12.7 Å². The molecule has 2 amide bonds. The molecule has 1 unspecified atom stereocenters. The van der Waals surface area contributed by atoms with Gasteiger partial charge in [-0.2, -0.15) is 0 Å². The van der Waals surface area contributed by atoms with Crippen molar-refractivity contribution in [3.05, 3.63) is 29.8 Å². The second kappa shape index (κ2) is 7.37. The molecule has 0 radical (unpaired) electrons. The van der Waals surface area contributed by atoms with Gasteiger partial charge in [0.1, 0.15) is 6.04 Å². The Hall–Kier alpha value is -1.93.